The van der Waals surface area contributed by atoms with Gasteiger partial charge in [-0.25, -0.2) is 5.48 Å². The molecule has 2 aromatic carbocycles. The van der Waals surface area contributed by atoms with E-state index < -0.39 is 0 Å². The van der Waals surface area contributed by atoms with Gasteiger partial charge in [0.2, 0.25) is 0 Å². The molecule has 0 spiro atoms. The fourth-order valence-electron chi connectivity index (χ4n) is 3.58. The molecule has 1 atom stereocenters. The van der Waals surface area contributed by atoms with Crippen LogP contribution in [-0.4, -0.2) is 22.6 Å². The Kier molecular flexibility index (Phi) is 5.48. The van der Waals surface area contributed by atoms with Gasteiger partial charge in [0.15, 0.2) is 5.84 Å². The molecule has 0 bridgehead atoms. The Bertz CT molecular complexity index is 1300. The van der Waals surface area contributed by atoms with E-state index in [1.165, 1.54) is 20.5 Å². The Hall–Kier alpha value is -2.74. The smallest absolute Gasteiger partial charge is 0.156 e. The fourth-order valence-corrected chi connectivity index (χ4v) is 5.46. The van der Waals surface area contributed by atoms with Crippen LogP contribution in [0.25, 0.3) is 10.8 Å². The molecule has 0 aliphatic carbocycles. The van der Waals surface area contributed by atoms with Gasteiger partial charge in [-0.15, -0.1) is 16.4 Å². The third-order valence-electron chi connectivity index (χ3n) is 5.38. The lowest BCUT2D eigenvalue weighted by molar-refractivity contribution is 0.0627. The van der Waals surface area contributed by atoms with E-state index in [1.807, 2.05) is 6.92 Å². The van der Waals surface area contributed by atoms with Crippen LogP contribution in [0.2, 0.25) is 0 Å². The first-order valence-electron chi connectivity index (χ1n) is 10.1. The first kappa shape index (κ1) is 20.2. The number of fused-ring (bicyclic) bond motifs is 1. The molecular formula is C24H22N4OS2. The quantitative estimate of drug-likeness (QED) is 0.430. The molecule has 0 saturated carbocycles. The molecule has 5 rings (SSSR count). The number of rotatable bonds is 4. The number of aromatic nitrogens is 2. The highest BCUT2D eigenvalue weighted by atomic mass is 32.2. The number of benzene rings is 2. The standard InChI is InChI=1S/C24H22N4OS2/c1-14-8-11-21(30-14)20-13-29-28-23(25-20)22-15(2)16(3)26-27-24(22)31-19-10-9-17-6-4-5-7-18(17)12-19/h4-12,20H,13H2,1-3H3,(H,25,28)/t20-/m0/s1. The van der Waals surface area contributed by atoms with Gasteiger partial charge in [0.1, 0.15) is 17.7 Å². The highest BCUT2D eigenvalue weighted by Crippen LogP contribution is 2.34. The third-order valence-corrected chi connectivity index (χ3v) is 7.45. The summed E-state index contributed by atoms with van der Waals surface area (Å²) in [5.74, 6) is 0.709. The summed E-state index contributed by atoms with van der Waals surface area (Å²) in [5, 5.41) is 12.2. The molecule has 0 fully saturated rings. The second-order valence-electron chi connectivity index (χ2n) is 7.56. The Balaban J connectivity index is 1.55. The molecule has 7 heteroatoms. The minimum atomic E-state index is -0.0265. The van der Waals surface area contributed by atoms with Crippen molar-refractivity contribution in [2.75, 3.05) is 6.61 Å². The van der Waals surface area contributed by atoms with Gasteiger partial charge in [-0.3, -0.25) is 9.83 Å². The van der Waals surface area contributed by atoms with Crippen molar-refractivity contribution < 1.29 is 4.84 Å². The van der Waals surface area contributed by atoms with Crippen molar-refractivity contribution in [1.82, 2.24) is 15.7 Å². The summed E-state index contributed by atoms with van der Waals surface area (Å²) in [6.07, 6.45) is 0. The van der Waals surface area contributed by atoms with Crippen LogP contribution in [0.5, 0.6) is 0 Å². The van der Waals surface area contributed by atoms with Crippen LogP contribution < -0.4 is 5.48 Å². The number of hydroxylamine groups is 1. The monoisotopic (exact) mass is 446 g/mol. The van der Waals surface area contributed by atoms with E-state index >= 15 is 0 Å². The lowest BCUT2D eigenvalue weighted by atomic mass is 10.1. The molecule has 0 radical (unpaired) electrons. The molecule has 3 heterocycles. The second-order valence-corrected chi connectivity index (χ2v) is 9.94. The molecule has 2 aromatic heterocycles. The Morgan fingerprint density at radius 2 is 1.84 bits per heavy atom. The van der Waals surface area contributed by atoms with Gasteiger partial charge in [-0.1, -0.05) is 42.1 Å². The fraction of sp³-hybridized carbons (Fsp3) is 0.208. The normalized spacial score (nSPS) is 16.2. The van der Waals surface area contributed by atoms with Crippen molar-refractivity contribution in [2.24, 2.45) is 4.99 Å². The summed E-state index contributed by atoms with van der Waals surface area (Å²) >= 11 is 3.36. The summed E-state index contributed by atoms with van der Waals surface area (Å²) < 4.78 is 0. The predicted octanol–water partition coefficient (Wildman–Crippen LogP) is 5.79. The number of nitrogens with zero attached hydrogens (tertiary/aromatic N) is 3. The number of aliphatic imine (C=N–C) groups is 1. The Morgan fingerprint density at radius 3 is 2.65 bits per heavy atom. The average Bonchev–Trinajstić information content (AvgIpc) is 3.23. The minimum absolute atomic E-state index is 0.0265. The lowest BCUT2D eigenvalue weighted by Gasteiger charge is -2.23. The van der Waals surface area contributed by atoms with Crippen LogP contribution in [0.3, 0.4) is 0 Å². The molecule has 1 N–H and O–H groups in total. The zero-order chi connectivity index (χ0) is 21.4. The molecule has 31 heavy (non-hydrogen) atoms. The predicted molar refractivity (Wildman–Crippen MR) is 127 cm³/mol. The van der Waals surface area contributed by atoms with Gasteiger partial charge < -0.3 is 0 Å². The number of nitrogens with one attached hydrogen (secondary N) is 1. The van der Waals surface area contributed by atoms with Crippen LogP contribution in [-0.2, 0) is 4.84 Å². The highest BCUT2D eigenvalue weighted by Gasteiger charge is 2.24. The summed E-state index contributed by atoms with van der Waals surface area (Å²) in [6.45, 7) is 6.65. The largest absolute Gasteiger partial charge is 0.272 e. The number of aryl methyl sites for hydroxylation is 2. The van der Waals surface area contributed by atoms with Crippen molar-refractivity contribution >= 4 is 39.7 Å². The van der Waals surface area contributed by atoms with Crippen molar-refractivity contribution in [2.45, 2.75) is 36.7 Å². The average molecular weight is 447 g/mol. The number of hydrogen-bond acceptors (Lipinski definition) is 7. The first-order chi connectivity index (χ1) is 15.1. The van der Waals surface area contributed by atoms with E-state index in [0.29, 0.717) is 12.4 Å². The van der Waals surface area contributed by atoms with Crippen LogP contribution >= 0.6 is 23.1 Å². The van der Waals surface area contributed by atoms with Crippen LogP contribution in [0.1, 0.15) is 32.6 Å². The molecule has 1 aliphatic heterocycles. The molecule has 1 aliphatic rings. The van der Waals surface area contributed by atoms with Crippen LogP contribution in [0.15, 0.2) is 69.5 Å². The Labute approximate surface area is 189 Å². The molecule has 0 unspecified atom stereocenters. The number of hydrogen-bond donors (Lipinski definition) is 1. The van der Waals surface area contributed by atoms with Gasteiger partial charge in [0.05, 0.1) is 11.3 Å². The van der Waals surface area contributed by atoms with E-state index in [0.717, 1.165) is 26.7 Å². The molecule has 5 nitrogen and oxygen atoms in total. The van der Waals surface area contributed by atoms with Crippen LogP contribution in [0.4, 0.5) is 0 Å². The second kappa shape index (κ2) is 8.42. The van der Waals surface area contributed by atoms with Crippen molar-refractivity contribution in [1.29, 1.82) is 0 Å². The maximum atomic E-state index is 5.74. The van der Waals surface area contributed by atoms with Gasteiger partial charge in [0.25, 0.3) is 0 Å². The topological polar surface area (TPSA) is 59.4 Å². The van der Waals surface area contributed by atoms with Crippen molar-refractivity contribution in [3.05, 3.63) is 81.2 Å². The third kappa shape index (κ3) is 4.08. The van der Waals surface area contributed by atoms with E-state index in [9.17, 15) is 0 Å². The van der Waals surface area contributed by atoms with Gasteiger partial charge in [0, 0.05) is 14.6 Å². The van der Waals surface area contributed by atoms with Crippen LogP contribution in [0, 0.1) is 20.8 Å². The summed E-state index contributed by atoms with van der Waals surface area (Å²) in [5.41, 5.74) is 5.92. The van der Waals surface area contributed by atoms with E-state index in [4.69, 9.17) is 9.83 Å². The molecule has 0 amide bonds. The molecular weight excluding hydrogens is 424 g/mol. The molecule has 0 saturated heterocycles. The highest BCUT2D eigenvalue weighted by molar-refractivity contribution is 7.99. The van der Waals surface area contributed by atoms with Crippen molar-refractivity contribution in [3.63, 3.8) is 0 Å². The summed E-state index contributed by atoms with van der Waals surface area (Å²) in [4.78, 5) is 14.3. The molecule has 4 aromatic rings. The maximum Gasteiger partial charge on any atom is 0.156 e. The lowest BCUT2D eigenvalue weighted by Crippen LogP contribution is -2.33. The van der Waals surface area contributed by atoms with Gasteiger partial charge >= 0.3 is 0 Å². The van der Waals surface area contributed by atoms with E-state index in [1.54, 1.807) is 23.1 Å². The SMILES string of the molecule is Cc1ccc([C@@H]2CONC(c3c(Sc4ccc5ccccc5c4)nnc(C)c3C)=N2)s1. The van der Waals surface area contributed by atoms with E-state index in [-0.39, 0.29) is 6.04 Å². The minimum Gasteiger partial charge on any atom is -0.272 e. The first-order valence-corrected chi connectivity index (χ1v) is 11.7. The number of thiophene rings is 1. The summed E-state index contributed by atoms with van der Waals surface area (Å²) in [7, 11) is 0. The van der Waals surface area contributed by atoms with Crippen molar-refractivity contribution in [3.8, 4) is 0 Å². The number of amidine groups is 1. The maximum absolute atomic E-state index is 5.74. The molecule has 156 valence electrons. The van der Waals surface area contributed by atoms with Gasteiger partial charge in [-0.2, -0.15) is 5.10 Å². The zero-order valence-electron chi connectivity index (χ0n) is 17.5. The summed E-state index contributed by atoms with van der Waals surface area (Å²) in [6, 6.07) is 19.0. The van der Waals surface area contributed by atoms with Gasteiger partial charge in [-0.05, 0) is 61.4 Å². The van der Waals surface area contributed by atoms with E-state index in [2.05, 4.69) is 84.1 Å². The Morgan fingerprint density at radius 1 is 1.00 bits per heavy atom. The zero-order valence-corrected chi connectivity index (χ0v) is 19.2.